The molecular weight excluding hydrogens is 382 g/mol. The van der Waals surface area contributed by atoms with E-state index in [0.29, 0.717) is 5.69 Å². The maximum Gasteiger partial charge on any atom is 0.413 e. The van der Waals surface area contributed by atoms with E-state index in [1.165, 1.54) is 42.5 Å². The van der Waals surface area contributed by atoms with Crippen molar-refractivity contribution in [1.82, 2.24) is 5.32 Å². The first-order chi connectivity index (χ1) is 12.9. The van der Waals surface area contributed by atoms with Crippen LogP contribution in [0.3, 0.4) is 0 Å². The Kier molecular flexibility index (Phi) is 6.10. The van der Waals surface area contributed by atoms with Crippen LogP contribution in [0.4, 0.5) is 10.5 Å². The molecule has 0 aliphatic carbocycles. The van der Waals surface area contributed by atoms with Crippen molar-refractivity contribution in [3.8, 4) is 5.75 Å². The normalized spacial score (nSPS) is 11.6. The fraction of sp³-hybridized carbons (Fsp3) is 0.263. The molecule has 9 heteroatoms. The molecule has 8 nitrogen and oxygen atoms in total. The third-order valence-corrected chi connectivity index (χ3v) is 4.69. The van der Waals surface area contributed by atoms with E-state index in [2.05, 4.69) is 5.32 Å². The van der Waals surface area contributed by atoms with Crippen LogP contribution in [0, 0.1) is 0 Å². The van der Waals surface area contributed by atoms with Crippen molar-refractivity contribution in [2.75, 3.05) is 11.3 Å². The largest absolute Gasteiger partial charge is 0.413 e. The van der Waals surface area contributed by atoms with Gasteiger partial charge in [0.25, 0.3) is 5.91 Å². The summed E-state index contributed by atoms with van der Waals surface area (Å²) in [4.78, 5) is 24.4. The summed E-state index contributed by atoms with van der Waals surface area (Å²) in [5, 5.41) is 3.49. The SMILES string of the molecule is CC(C)(C)NC(=O)Oc1ccc(N(N)C(=O)c2ccccc2S(C)(=O)=O)cc1. The monoisotopic (exact) mass is 405 g/mol. The van der Waals surface area contributed by atoms with E-state index in [1.54, 1.807) is 6.07 Å². The van der Waals surface area contributed by atoms with Gasteiger partial charge >= 0.3 is 6.09 Å². The molecule has 0 unspecified atom stereocenters. The van der Waals surface area contributed by atoms with Crippen molar-refractivity contribution in [1.29, 1.82) is 0 Å². The number of ether oxygens (including phenoxy) is 1. The molecule has 0 spiro atoms. The first kappa shape index (κ1) is 21.4. The number of amides is 2. The Morgan fingerprint density at radius 3 is 2.14 bits per heavy atom. The van der Waals surface area contributed by atoms with Gasteiger partial charge < -0.3 is 10.1 Å². The number of nitrogens with zero attached hydrogens (tertiary/aromatic N) is 1. The van der Waals surface area contributed by atoms with E-state index in [-0.39, 0.29) is 16.2 Å². The van der Waals surface area contributed by atoms with Gasteiger partial charge in [0.05, 0.1) is 16.1 Å². The molecule has 2 aromatic rings. The zero-order valence-electron chi connectivity index (χ0n) is 16.1. The lowest BCUT2D eigenvalue weighted by molar-refractivity contribution is 0.0983. The van der Waals surface area contributed by atoms with Crippen LogP contribution in [-0.2, 0) is 9.84 Å². The Morgan fingerprint density at radius 1 is 1.04 bits per heavy atom. The molecule has 2 aromatic carbocycles. The van der Waals surface area contributed by atoms with E-state index in [4.69, 9.17) is 10.6 Å². The summed E-state index contributed by atoms with van der Waals surface area (Å²) in [6.07, 6.45) is 0.414. The highest BCUT2D eigenvalue weighted by Gasteiger charge is 2.22. The average molecular weight is 405 g/mol. The van der Waals surface area contributed by atoms with Crippen molar-refractivity contribution in [2.45, 2.75) is 31.2 Å². The average Bonchev–Trinajstić information content (AvgIpc) is 2.58. The Balaban J connectivity index is 2.19. The lowest BCUT2D eigenvalue weighted by atomic mass is 10.1. The quantitative estimate of drug-likeness (QED) is 0.458. The van der Waals surface area contributed by atoms with Crippen molar-refractivity contribution in [3.05, 3.63) is 54.1 Å². The van der Waals surface area contributed by atoms with E-state index in [0.717, 1.165) is 11.3 Å². The molecule has 3 N–H and O–H groups in total. The summed E-state index contributed by atoms with van der Waals surface area (Å²) in [5.74, 6) is 5.47. The summed E-state index contributed by atoms with van der Waals surface area (Å²) in [6.45, 7) is 5.47. The van der Waals surface area contributed by atoms with Gasteiger partial charge in [-0.15, -0.1) is 0 Å². The summed E-state index contributed by atoms with van der Waals surface area (Å²) >= 11 is 0. The van der Waals surface area contributed by atoms with E-state index in [1.807, 2.05) is 20.8 Å². The van der Waals surface area contributed by atoms with E-state index in [9.17, 15) is 18.0 Å². The summed E-state index contributed by atoms with van der Waals surface area (Å²) in [6, 6.07) is 11.8. The fourth-order valence-electron chi connectivity index (χ4n) is 2.33. The Labute approximate surface area is 164 Å². The number of hydrazine groups is 1. The minimum Gasteiger partial charge on any atom is -0.410 e. The van der Waals surface area contributed by atoms with Crippen LogP contribution in [0.25, 0.3) is 0 Å². The second kappa shape index (κ2) is 7.99. The highest BCUT2D eigenvalue weighted by molar-refractivity contribution is 7.90. The minimum atomic E-state index is -3.60. The van der Waals surface area contributed by atoms with Crippen LogP contribution in [0.15, 0.2) is 53.4 Å². The third kappa shape index (κ3) is 5.54. The van der Waals surface area contributed by atoms with Gasteiger partial charge in [-0.3, -0.25) is 4.79 Å². The number of rotatable bonds is 4. The van der Waals surface area contributed by atoms with Gasteiger partial charge in [-0.2, -0.15) is 0 Å². The molecule has 0 radical (unpaired) electrons. The van der Waals surface area contributed by atoms with Crippen LogP contribution in [0.1, 0.15) is 31.1 Å². The zero-order valence-corrected chi connectivity index (χ0v) is 16.9. The number of sulfone groups is 1. The fourth-order valence-corrected chi connectivity index (χ4v) is 3.21. The zero-order chi connectivity index (χ0) is 21.1. The smallest absolute Gasteiger partial charge is 0.410 e. The second-order valence-corrected chi connectivity index (χ2v) is 9.19. The molecule has 0 fully saturated rings. The molecule has 2 amide bonds. The molecule has 0 saturated carbocycles. The Hall–Kier alpha value is -2.91. The predicted octanol–water partition coefficient (Wildman–Crippen LogP) is 2.50. The van der Waals surface area contributed by atoms with Crippen LogP contribution >= 0.6 is 0 Å². The van der Waals surface area contributed by atoms with Crippen molar-refractivity contribution in [2.24, 2.45) is 5.84 Å². The molecule has 0 aliphatic heterocycles. The lowest BCUT2D eigenvalue weighted by Gasteiger charge is -2.20. The molecule has 0 aliphatic rings. The van der Waals surface area contributed by atoms with Gasteiger partial charge in [0.2, 0.25) is 0 Å². The van der Waals surface area contributed by atoms with Gasteiger partial charge in [0, 0.05) is 11.8 Å². The van der Waals surface area contributed by atoms with E-state index < -0.39 is 27.4 Å². The number of hydrogen-bond acceptors (Lipinski definition) is 6. The summed E-state index contributed by atoms with van der Waals surface area (Å²) in [5.41, 5.74) is -0.168. The first-order valence-electron chi connectivity index (χ1n) is 8.37. The summed E-state index contributed by atoms with van der Waals surface area (Å²) < 4.78 is 29.0. The predicted molar refractivity (Wildman–Crippen MR) is 106 cm³/mol. The van der Waals surface area contributed by atoms with Gasteiger partial charge in [0.1, 0.15) is 5.75 Å². The number of nitrogens with two attached hydrogens (primary N) is 1. The molecule has 0 atom stereocenters. The molecule has 0 aromatic heterocycles. The molecule has 2 rings (SSSR count). The molecule has 150 valence electrons. The number of carbonyl (C=O) groups is 2. The van der Waals surface area contributed by atoms with Gasteiger partial charge in [-0.25, -0.2) is 24.1 Å². The molecule has 0 heterocycles. The highest BCUT2D eigenvalue weighted by atomic mass is 32.2. The highest BCUT2D eigenvalue weighted by Crippen LogP contribution is 2.22. The Bertz CT molecular complexity index is 979. The topological polar surface area (TPSA) is 119 Å². The maximum absolute atomic E-state index is 12.7. The standard InChI is InChI=1S/C19H23N3O5S/c1-19(2,3)21-18(24)27-14-11-9-13(10-12-14)22(20)17(23)15-7-5-6-8-16(15)28(4,25)26/h5-12H,20H2,1-4H3,(H,21,24). The molecule has 28 heavy (non-hydrogen) atoms. The van der Waals surface area contributed by atoms with Crippen LogP contribution in [0.2, 0.25) is 0 Å². The minimum absolute atomic E-state index is 0.0302. The number of carbonyl (C=O) groups excluding carboxylic acids is 2. The maximum atomic E-state index is 12.7. The number of benzene rings is 2. The van der Waals surface area contributed by atoms with E-state index >= 15 is 0 Å². The van der Waals surface area contributed by atoms with Crippen LogP contribution < -0.4 is 20.9 Å². The third-order valence-electron chi connectivity index (χ3n) is 3.54. The summed E-state index contributed by atoms with van der Waals surface area (Å²) in [7, 11) is -3.60. The molecule has 0 saturated heterocycles. The van der Waals surface area contributed by atoms with Crippen molar-refractivity contribution in [3.63, 3.8) is 0 Å². The van der Waals surface area contributed by atoms with Gasteiger partial charge in [0.15, 0.2) is 9.84 Å². The molecule has 0 bridgehead atoms. The first-order valence-corrected chi connectivity index (χ1v) is 10.3. The van der Waals surface area contributed by atoms with Gasteiger partial charge in [-0.05, 0) is 57.2 Å². The number of nitrogens with one attached hydrogen (secondary N) is 1. The lowest BCUT2D eigenvalue weighted by Crippen LogP contribution is -2.42. The van der Waals surface area contributed by atoms with Crippen LogP contribution in [-0.4, -0.2) is 32.2 Å². The number of hydrogen-bond donors (Lipinski definition) is 2. The van der Waals surface area contributed by atoms with Crippen LogP contribution in [0.5, 0.6) is 5.75 Å². The van der Waals surface area contributed by atoms with Crippen molar-refractivity contribution >= 4 is 27.5 Å². The number of anilines is 1. The molecular formula is C19H23N3O5S. The second-order valence-electron chi connectivity index (χ2n) is 7.20. The Morgan fingerprint density at radius 2 is 1.61 bits per heavy atom. The van der Waals surface area contributed by atoms with Crippen molar-refractivity contribution < 1.29 is 22.7 Å². The van der Waals surface area contributed by atoms with Gasteiger partial charge in [-0.1, -0.05) is 12.1 Å².